The average molecular weight is 444 g/mol. The van der Waals surface area contributed by atoms with Crippen LogP contribution >= 0.6 is 0 Å². The number of hydrogen-bond acceptors (Lipinski definition) is 4. The summed E-state index contributed by atoms with van der Waals surface area (Å²) in [5, 5.41) is 9.41. The van der Waals surface area contributed by atoms with Crippen molar-refractivity contribution >= 4 is 34.6 Å². The lowest BCUT2D eigenvalue weighted by molar-refractivity contribution is -0.131. The summed E-state index contributed by atoms with van der Waals surface area (Å²) in [5.74, 6) is -1.02. The van der Waals surface area contributed by atoms with E-state index < -0.39 is 29.4 Å². The fraction of sp³-hybridized carbons (Fsp3) is 0.200. The number of hydrogen-bond donors (Lipinski definition) is 3. The molecule has 1 fully saturated rings. The van der Waals surface area contributed by atoms with Gasteiger partial charge in [-0.05, 0) is 28.8 Å². The number of imide groups is 2. The van der Waals surface area contributed by atoms with Crippen LogP contribution in [0.4, 0.5) is 9.59 Å². The highest BCUT2D eigenvalue weighted by Gasteiger charge is 2.49. The van der Waals surface area contributed by atoms with E-state index >= 15 is 0 Å². The fourth-order valence-corrected chi connectivity index (χ4v) is 3.97. The molecule has 0 spiro atoms. The molecule has 0 unspecified atom stereocenters. The molecule has 0 bridgehead atoms. The van der Waals surface area contributed by atoms with Crippen LogP contribution < -0.4 is 16.0 Å². The first-order valence-electron chi connectivity index (χ1n) is 10.6. The highest BCUT2D eigenvalue weighted by atomic mass is 16.2. The molecule has 1 aliphatic heterocycles. The number of amides is 6. The van der Waals surface area contributed by atoms with Gasteiger partial charge in [0.25, 0.3) is 5.91 Å². The van der Waals surface area contributed by atoms with E-state index in [0.29, 0.717) is 5.56 Å². The molecule has 8 nitrogen and oxygen atoms in total. The predicted molar refractivity (Wildman–Crippen MR) is 123 cm³/mol. The molecule has 3 aromatic rings. The second kappa shape index (κ2) is 9.12. The number of nitrogens with zero attached hydrogens (tertiary/aromatic N) is 1. The minimum Gasteiger partial charge on any atom is -0.334 e. The first-order chi connectivity index (χ1) is 15.9. The Kier molecular flexibility index (Phi) is 6.08. The molecule has 1 saturated heterocycles. The number of nitrogens with one attached hydrogen (secondary N) is 3. The van der Waals surface area contributed by atoms with Crippen molar-refractivity contribution in [2.24, 2.45) is 0 Å². The van der Waals surface area contributed by atoms with Gasteiger partial charge >= 0.3 is 12.1 Å². The van der Waals surface area contributed by atoms with Gasteiger partial charge in [0.2, 0.25) is 5.91 Å². The minimum absolute atomic E-state index is 0.136. The van der Waals surface area contributed by atoms with E-state index in [1.807, 2.05) is 72.8 Å². The molecular formula is C25H24N4O4. The summed E-state index contributed by atoms with van der Waals surface area (Å²) in [7, 11) is 0. The molecular weight excluding hydrogens is 420 g/mol. The average Bonchev–Trinajstić information content (AvgIpc) is 3.05. The monoisotopic (exact) mass is 444 g/mol. The summed E-state index contributed by atoms with van der Waals surface area (Å²) in [6.45, 7) is 1.80. The number of carbonyl (C=O) groups excluding carboxylic acids is 4. The van der Waals surface area contributed by atoms with Gasteiger partial charge in [0.05, 0.1) is 0 Å². The topological polar surface area (TPSA) is 108 Å². The molecule has 0 radical (unpaired) electrons. The molecule has 168 valence electrons. The normalized spacial score (nSPS) is 17.7. The van der Waals surface area contributed by atoms with Crippen molar-refractivity contribution in [1.82, 2.24) is 20.9 Å². The number of urea groups is 2. The molecule has 8 heteroatoms. The summed E-state index contributed by atoms with van der Waals surface area (Å²) in [6.07, 6.45) is -0.191. The maximum Gasteiger partial charge on any atom is 0.325 e. The molecule has 1 heterocycles. The fourth-order valence-electron chi connectivity index (χ4n) is 3.97. The lowest BCUT2D eigenvalue weighted by Gasteiger charge is -2.24. The minimum atomic E-state index is -1.25. The molecule has 4 rings (SSSR count). The Morgan fingerprint density at radius 2 is 1.64 bits per heavy atom. The first-order valence-corrected chi connectivity index (χ1v) is 10.6. The van der Waals surface area contributed by atoms with E-state index in [0.717, 1.165) is 21.2 Å². The quantitative estimate of drug-likeness (QED) is 0.508. The summed E-state index contributed by atoms with van der Waals surface area (Å²) >= 11 is 0. The Balaban J connectivity index is 1.37. The second-order valence-electron chi connectivity index (χ2n) is 8.01. The molecule has 0 aliphatic carbocycles. The van der Waals surface area contributed by atoms with E-state index in [-0.39, 0.29) is 19.5 Å². The third kappa shape index (κ3) is 4.55. The summed E-state index contributed by atoms with van der Waals surface area (Å²) in [4.78, 5) is 51.0. The summed E-state index contributed by atoms with van der Waals surface area (Å²) in [6, 6.07) is 21.3. The molecule has 6 amide bonds. The standard InChI is InChI=1S/C25H24N4O4/c1-25(20-13-7-11-18-10-5-6-12-19(18)20)22(31)29(24(33)28-25)15-14-21(30)27-23(32)26-16-17-8-3-2-4-9-17/h2-13H,14-16H2,1H3,(H,28,33)(H2,26,27,30,32)/t25-/m0/s1. The van der Waals surface area contributed by atoms with Crippen molar-refractivity contribution in [3.63, 3.8) is 0 Å². The van der Waals surface area contributed by atoms with Crippen molar-refractivity contribution in [1.29, 1.82) is 0 Å². The molecule has 0 aromatic heterocycles. The van der Waals surface area contributed by atoms with Crippen molar-refractivity contribution < 1.29 is 19.2 Å². The third-order valence-electron chi connectivity index (χ3n) is 5.71. The van der Waals surface area contributed by atoms with Crippen LogP contribution in [0.15, 0.2) is 72.8 Å². The van der Waals surface area contributed by atoms with E-state index in [9.17, 15) is 19.2 Å². The van der Waals surface area contributed by atoms with Gasteiger partial charge in [0, 0.05) is 19.5 Å². The van der Waals surface area contributed by atoms with Gasteiger partial charge in [0.1, 0.15) is 5.54 Å². The maximum absolute atomic E-state index is 13.2. The Morgan fingerprint density at radius 1 is 0.939 bits per heavy atom. The zero-order valence-electron chi connectivity index (χ0n) is 18.1. The van der Waals surface area contributed by atoms with Gasteiger partial charge in [0.15, 0.2) is 0 Å². The Labute approximate surface area is 191 Å². The summed E-state index contributed by atoms with van der Waals surface area (Å²) < 4.78 is 0. The first kappa shape index (κ1) is 22.0. The van der Waals surface area contributed by atoms with Gasteiger partial charge < -0.3 is 10.6 Å². The third-order valence-corrected chi connectivity index (χ3v) is 5.71. The Morgan fingerprint density at radius 3 is 2.42 bits per heavy atom. The Bertz CT molecular complexity index is 1220. The van der Waals surface area contributed by atoms with Crippen molar-refractivity contribution in [2.75, 3.05) is 6.54 Å². The SMILES string of the molecule is C[C@@]1(c2cccc3ccccc23)NC(=O)N(CCC(=O)NC(=O)NCc2ccccc2)C1=O. The van der Waals surface area contributed by atoms with Crippen molar-refractivity contribution in [3.8, 4) is 0 Å². The smallest absolute Gasteiger partial charge is 0.325 e. The van der Waals surface area contributed by atoms with E-state index in [1.165, 1.54) is 0 Å². The van der Waals surface area contributed by atoms with Gasteiger partial charge in [-0.15, -0.1) is 0 Å². The number of rotatable bonds is 6. The highest BCUT2D eigenvalue weighted by Crippen LogP contribution is 2.33. The van der Waals surface area contributed by atoms with Crippen LogP contribution in [0.2, 0.25) is 0 Å². The van der Waals surface area contributed by atoms with Crippen molar-refractivity contribution in [2.45, 2.75) is 25.4 Å². The van der Waals surface area contributed by atoms with Crippen LogP contribution in [0, 0.1) is 0 Å². The van der Waals surface area contributed by atoms with Crippen LogP contribution in [-0.2, 0) is 21.7 Å². The van der Waals surface area contributed by atoms with E-state index in [2.05, 4.69) is 16.0 Å². The van der Waals surface area contributed by atoms with Gasteiger partial charge in [-0.25, -0.2) is 9.59 Å². The maximum atomic E-state index is 13.2. The molecule has 0 saturated carbocycles. The summed E-state index contributed by atoms with van der Waals surface area (Å²) in [5.41, 5.74) is 0.333. The number of carbonyl (C=O) groups is 4. The zero-order valence-corrected chi connectivity index (χ0v) is 18.1. The van der Waals surface area contributed by atoms with Crippen LogP contribution in [0.3, 0.4) is 0 Å². The molecule has 1 atom stereocenters. The lowest BCUT2D eigenvalue weighted by atomic mass is 9.88. The molecule has 3 aromatic carbocycles. The number of fused-ring (bicyclic) bond motifs is 1. The van der Waals surface area contributed by atoms with Gasteiger partial charge in [-0.3, -0.25) is 19.8 Å². The predicted octanol–water partition coefficient (Wildman–Crippen LogP) is 3.02. The largest absolute Gasteiger partial charge is 0.334 e. The van der Waals surface area contributed by atoms with E-state index in [4.69, 9.17) is 0 Å². The molecule has 33 heavy (non-hydrogen) atoms. The van der Waals surface area contributed by atoms with Crippen LogP contribution in [-0.4, -0.2) is 35.3 Å². The lowest BCUT2D eigenvalue weighted by Crippen LogP contribution is -2.42. The van der Waals surface area contributed by atoms with Crippen LogP contribution in [0.25, 0.3) is 10.8 Å². The van der Waals surface area contributed by atoms with E-state index in [1.54, 1.807) is 6.92 Å². The Hall–Kier alpha value is -4.20. The van der Waals surface area contributed by atoms with Gasteiger partial charge in [-0.1, -0.05) is 72.8 Å². The van der Waals surface area contributed by atoms with Crippen LogP contribution in [0.5, 0.6) is 0 Å². The molecule has 1 aliphatic rings. The zero-order chi connectivity index (χ0) is 23.4. The highest BCUT2D eigenvalue weighted by molar-refractivity contribution is 6.09. The van der Waals surface area contributed by atoms with Crippen molar-refractivity contribution in [3.05, 3.63) is 83.9 Å². The second-order valence-corrected chi connectivity index (χ2v) is 8.01. The van der Waals surface area contributed by atoms with Crippen LogP contribution in [0.1, 0.15) is 24.5 Å². The number of benzene rings is 3. The molecule has 3 N–H and O–H groups in total. The van der Waals surface area contributed by atoms with Gasteiger partial charge in [-0.2, -0.15) is 0 Å².